The van der Waals surface area contributed by atoms with Gasteiger partial charge in [-0.25, -0.2) is 4.79 Å². The lowest BCUT2D eigenvalue weighted by Crippen LogP contribution is -2.00. The Morgan fingerprint density at radius 2 is 2.25 bits per heavy atom. The highest BCUT2D eigenvalue weighted by Crippen LogP contribution is 2.23. The van der Waals surface area contributed by atoms with Crippen molar-refractivity contribution in [2.24, 2.45) is 0 Å². The number of aromatic hydroxyl groups is 1. The summed E-state index contributed by atoms with van der Waals surface area (Å²) in [5.74, 6) is -0.0417. The average Bonchev–Trinajstić information content (AvgIpc) is 2.77. The van der Waals surface area contributed by atoms with Gasteiger partial charge in [0.1, 0.15) is 5.75 Å². The lowest BCUT2D eigenvalue weighted by molar-refractivity contribution is 0.0589. The van der Waals surface area contributed by atoms with Crippen molar-refractivity contribution in [2.75, 3.05) is 7.11 Å². The number of hydrogen-bond acceptors (Lipinski definition) is 5. The number of ether oxygens (including phenoxy) is 1. The molecular weight excluding hydrogens is 210 g/mol. The molecule has 0 aliphatic carbocycles. The van der Waals surface area contributed by atoms with E-state index in [1.807, 2.05) is 0 Å². The Morgan fingerprint density at radius 3 is 2.94 bits per heavy atom. The van der Waals surface area contributed by atoms with Gasteiger partial charge in [-0.05, 0) is 12.1 Å². The van der Waals surface area contributed by atoms with Gasteiger partial charge >= 0.3 is 5.97 Å². The Balaban J connectivity index is 2.35. The summed E-state index contributed by atoms with van der Waals surface area (Å²) in [7, 11) is 1.27. The minimum Gasteiger partial charge on any atom is -0.508 e. The Morgan fingerprint density at radius 1 is 1.44 bits per heavy atom. The molecule has 1 N–H and O–H groups in total. The second-order valence-corrected chi connectivity index (χ2v) is 3.12. The maximum absolute atomic E-state index is 11.1. The van der Waals surface area contributed by atoms with Gasteiger partial charge in [-0.3, -0.25) is 0 Å². The van der Waals surface area contributed by atoms with Crippen LogP contribution in [-0.2, 0) is 4.74 Å². The largest absolute Gasteiger partial charge is 0.508 e. The molecule has 0 unspecified atom stereocenters. The standard InChI is InChI=1S/C11H9NO4/c1-15-11(14)9-6-10(16-12-9)7-3-2-4-8(13)5-7/h2-6,13H,1H3. The van der Waals surface area contributed by atoms with Crippen molar-refractivity contribution in [1.82, 2.24) is 5.16 Å². The third kappa shape index (κ3) is 1.88. The Labute approximate surface area is 91.3 Å². The summed E-state index contributed by atoms with van der Waals surface area (Å²) in [6.45, 7) is 0. The number of carbonyl (C=O) groups excluding carboxylic acids is 1. The van der Waals surface area contributed by atoms with Crippen LogP contribution in [0.15, 0.2) is 34.9 Å². The number of benzene rings is 1. The highest BCUT2D eigenvalue weighted by Gasteiger charge is 2.13. The number of nitrogens with zero attached hydrogens (tertiary/aromatic N) is 1. The molecule has 0 bridgehead atoms. The summed E-state index contributed by atoms with van der Waals surface area (Å²) < 4.78 is 9.47. The van der Waals surface area contributed by atoms with Gasteiger partial charge in [-0.15, -0.1) is 0 Å². The van der Waals surface area contributed by atoms with E-state index in [2.05, 4.69) is 9.89 Å². The number of methoxy groups -OCH3 is 1. The first kappa shape index (κ1) is 10.2. The Hall–Kier alpha value is -2.30. The van der Waals surface area contributed by atoms with Crippen molar-refractivity contribution in [3.8, 4) is 17.1 Å². The van der Waals surface area contributed by atoms with Crippen molar-refractivity contribution in [3.05, 3.63) is 36.0 Å². The van der Waals surface area contributed by atoms with E-state index < -0.39 is 5.97 Å². The molecule has 0 fully saturated rings. The molecule has 5 nitrogen and oxygen atoms in total. The van der Waals surface area contributed by atoms with Gasteiger partial charge < -0.3 is 14.4 Å². The van der Waals surface area contributed by atoms with Gasteiger partial charge in [-0.2, -0.15) is 0 Å². The molecule has 2 rings (SSSR count). The van der Waals surface area contributed by atoms with Gasteiger partial charge in [0.25, 0.3) is 0 Å². The Kier molecular flexibility index (Phi) is 2.59. The highest BCUT2D eigenvalue weighted by molar-refractivity contribution is 5.88. The van der Waals surface area contributed by atoms with E-state index in [4.69, 9.17) is 4.52 Å². The number of aromatic nitrogens is 1. The molecule has 0 radical (unpaired) electrons. The zero-order chi connectivity index (χ0) is 11.5. The Bertz CT molecular complexity index is 518. The minimum absolute atomic E-state index is 0.0980. The molecule has 5 heteroatoms. The number of hydrogen-bond donors (Lipinski definition) is 1. The van der Waals surface area contributed by atoms with Crippen LogP contribution in [0.5, 0.6) is 5.75 Å². The van der Waals surface area contributed by atoms with Crippen LogP contribution >= 0.6 is 0 Å². The van der Waals surface area contributed by atoms with E-state index in [0.717, 1.165) is 0 Å². The number of carbonyl (C=O) groups is 1. The van der Waals surface area contributed by atoms with E-state index >= 15 is 0 Å². The van der Waals surface area contributed by atoms with Crippen molar-refractivity contribution < 1.29 is 19.2 Å². The van der Waals surface area contributed by atoms with Gasteiger partial charge in [0.05, 0.1) is 7.11 Å². The van der Waals surface area contributed by atoms with E-state index in [-0.39, 0.29) is 11.4 Å². The van der Waals surface area contributed by atoms with E-state index in [0.29, 0.717) is 11.3 Å². The molecule has 1 heterocycles. The highest BCUT2D eigenvalue weighted by atomic mass is 16.5. The first-order valence-corrected chi connectivity index (χ1v) is 4.55. The maximum Gasteiger partial charge on any atom is 0.360 e. The fraction of sp³-hybridized carbons (Fsp3) is 0.0909. The van der Waals surface area contributed by atoms with E-state index in [9.17, 15) is 9.90 Å². The summed E-state index contributed by atoms with van der Waals surface area (Å²) in [4.78, 5) is 11.1. The fourth-order valence-electron chi connectivity index (χ4n) is 1.27. The SMILES string of the molecule is COC(=O)c1cc(-c2cccc(O)c2)on1. The van der Waals surface area contributed by atoms with Crippen LogP contribution in [0.2, 0.25) is 0 Å². The van der Waals surface area contributed by atoms with Crippen molar-refractivity contribution in [2.45, 2.75) is 0 Å². The predicted octanol–water partition coefficient (Wildman–Crippen LogP) is 1.83. The van der Waals surface area contributed by atoms with Crippen molar-refractivity contribution in [1.29, 1.82) is 0 Å². The topological polar surface area (TPSA) is 72.6 Å². The molecule has 2 aromatic rings. The number of esters is 1. The molecule has 0 aliphatic rings. The zero-order valence-electron chi connectivity index (χ0n) is 8.51. The zero-order valence-corrected chi connectivity index (χ0v) is 8.51. The van der Waals surface area contributed by atoms with Crippen LogP contribution in [0.1, 0.15) is 10.5 Å². The number of rotatable bonds is 2. The van der Waals surface area contributed by atoms with Crippen LogP contribution in [0.4, 0.5) is 0 Å². The second-order valence-electron chi connectivity index (χ2n) is 3.12. The molecule has 0 atom stereocenters. The second kappa shape index (κ2) is 4.06. The maximum atomic E-state index is 11.1. The summed E-state index contributed by atoms with van der Waals surface area (Å²) >= 11 is 0. The molecule has 1 aromatic heterocycles. The first-order valence-electron chi connectivity index (χ1n) is 4.55. The molecule has 0 amide bonds. The van der Waals surface area contributed by atoms with Gasteiger partial charge in [0, 0.05) is 11.6 Å². The number of phenolic OH excluding ortho intramolecular Hbond substituents is 1. The molecule has 0 saturated heterocycles. The summed E-state index contributed by atoms with van der Waals surface area (Å²) in [5.41, 5.74) is 0.739. The van der Waals surface area contributed by atoms with Crippen molar-refractivity contribution in [3.63, 3.8) is 0 Å². The molecule has 0 spiro atoms. The van der Waals surface area contributed by atoms with Crippen LogP contribution in [0.25, 0.3) is 11.3 Å². The van der Waals surface area contributed by atoms with Crippen molar-refractivity contribution >= 4 is 5.97 Å². The third-order valence-corrected chi connectivity index (χ3v) is 2.04. The molecule has 0 saturated carbocycles. The smallest absolute Gasteiger partial charge is 0.360 e. The third-order valence-electron chi connectivity index (χ3n) is 2.04. The van der Waals surface area contributed by atoms with E-state index in [1.54, 1.807) is 18.2 Å². The van der Waals surface area contributed by atoms with Crippen LogP contribution in [-0.4, -0.2) is 23.3 Å². The summed E-state index contributed by atoms with van der Waals surface area (Å²) in [5, 5.41) is 12.8. The summed E-state index contributed by atoms with van der Waals surface area (Å²) in [6, 6.07) is 7.93. The van der Waals surface area contributed by atoms with Gasteiger partial charge in [0.2, 0.25) is 0 Å². The normalized spacial score (nSPS) is 10.1. The van der Waals surface area contributed by atoms with Crippen LogP contribution < -0.4 is 0 Å². The lowest BCUT2D eigenvalue weighted by Gasteiger charge is -1.95. The fourth-order valence-corrected chi connectivity index (χ4v) is 1.27. The molecule has 82 valence electrons. The van der Waals surface area contributed by atoms with E-state index in [1.165, 1.54) is 19.2 Å². The molecule has 1 aromatic carbocycles. The minimum atomic E-state index is -0.560. The average molecular weight is 219 g/mol. The molecule has 16 heavy (non-hydrogen) atoms. The lowest BCUT2D eigenvalue weighted by atomic mass is 10.1. The monoisotopic (exact) mass is 219 g/mol. The predicted molar refractivity (Wildman–Crippen MR) is 54.9 cm³/mol. The number of phenols is 1. The van der Waals surface area contributed by atoms with Crippen LogP contribution in [0.3, 0.4) is 0 Å². The summed E-state index contributed by atoms with van der Waals surface area (Å²) in [6.07, 6.45) is 0. The quantitative estimate of drug-likeness (QED) is 0.780. The van der Waals surface area contributed by atoms with Crippen LogP contribution in [0, 0.1) is 0 Å². The first-order chi connectivity index (χ1) is 7.70. The van der Waals surface area contributed by atoms with Gasteiger partial charge in [-0.1, -0.05) is 17.3 Å². The van der Waals surface area contributed by atoms with Gasteiger partial charge in [0.15, 0.2) is 11.5 Å². The molecular formula is C11H9NO4. The molecule has 0 aliphatic heterocycles.